The van der Waals surface area contributed by atoms with Gasteiger partial charge in [0.05, 0.1) is 6.61 Å². The van der Waals surface area contributed by atoms with E-state index in [1.807, 2.05) is 18.2 Å². The average Bonchev–Trinajstić information content (AvgIpc) is 2.54. The molecule has 0 spiro atoms. The third-order valence-electron chi connectivity index (χ3n) is 3.32. The Labute approximate surface area is 131 Å². The van der Waals surface area contributed by atoms with E-state index in [2.05, 4.69) is 18.3 Å². The van der Waals surface area contributed by atoms with Crippen LogP contribution in [0.1, 0.15) is 25.3 Å². The lowest BCUT2D eigenvalue weighted by Crippen LogP contribution is -2.12. The number of carbonyl (C=O) groups excluding carboxylic acids is 1. The van der Waals surface area contributed by atoms with Crippen LogP contribution in [-0.2, 0) is 11.2 Å². The van der Waals surface area contributed by atoms with Crippen molar-refractivity contribution in [2.24, 2.45) is 0 Å². The molecule has 0 bridgehead atoms. The number of aryl methyl sites for hydroxylation is 1. The number of rotatable bonds is 7. The standard InChI is InChI=1S/C18H22N2O2/c1-2-14-5-3-6-17(13-14)22-12-4-7-18(21)20-16-10-8-15(19)9-11-16/h3,5-6,8-11,13H,2,4,7,12,19H2,1H3,(H,20,21). The number of hydrogen-bond acceptors (Lipinski definition) is 3. The van der Waals surface area contributed by atoms with Gasteiger partial charge in [-0.15, -0.1) is 0 Å². The van der Waals surface area contributed by atoms with Gasteiger partial charge in [0, 0.05) is 17.8 Å². The normalized spacial score (nSPS) is 10.2. The molecule has 2 rings (SSSR count). The van der Waals surface area contributed by atoms with Crippen LogP contribution >= 0.6 is 0 Å². The zero-order valence-corrected chi connectivity index (χ0v) is 12.8. The summed E-state index contributed by atoms with van der Waals surface area (Å²) in [6, 6.07) is 15.1. The van der Waals surface area contributed by atoms with E-state index < -0.39 is 0 Å². The number of nitrogens with two attached hydrogens (primary N) is 1. The van der Waals surface area contributed by atoms with Crippen molar-refractivity contribution in [2.45, 2.75) is 26.2 Å². The topological polar surface area (TPSA) is 64.3 Å². The van der Waals surface area contributed by atoms with Crippen LogP contribution in [0.2, 0.25) is 0 Å². The third-order valence-corrected chi connectivity index (χ3v) is 3.32. The van der Waals surface area contributed by atoms with Crippen LogP contribution in [-0.4, -0.2) is 12.5 Å². The van der Waals surface area contributed by atoms with Gasteiger partial charge >= 0.3 is 0 Å². The predicted molar refractivity (Wildman–Crippen MR) is 90.0 cm³/mol. The van der Waals surface area contributed by atoms with Crippen molar-refractivity contribution in [3.8, 4) is 5.75 Å². The summed E-state index contributed by atoms with van der Waals surface area (Å²) in [5.41, 5.74) is 8.29. The van der Waals surface area contributed by atoms with Gasteiger partial charge in [0.15, 0.2) is 0 Å². The highest BCUT2D eigenvalue weighted by Crippen LogP contribution is 2.14. The summed E-state index contributed by atoms with van der Waals surface area (Å²) < 4.78 is 5.67. The molecule has 22 heavy (non-hydrogen) atoms. The maximum Gasteiger partial charge on any atom is 0.224 e. The molecule has 1 amide bonds. The van der Waals surface area contributed by atoms with E-state index >= 15 is 0 Å². The van der Waals surface area contributed by atoms with Gasteiger partial charge < -0.3 is 15.8 Å². The smallest absolute Gasteiger partial charge is 0.224 e. The number of hydrogen-bond donors (Lipinski definition) is 2. The van der Waals surface area contributed by atoms with Crippen LogP contribution in [0.3, 0.4) is 0 Å². The number of carbonyl (C=O) groups is 1. The van der Waals surface area contributed by atoms with Crippen LogP contribution in [0.25, 0.3) is 0 Å². The molecule has 0 atom stereocenters. The molecule has 4 nitrogen and oxygen atoms in total. The summed E-state index contributed by atoms with van der Waals surface area (Å²) in [4.78, 5) is 11.8. The van der Waals surface area contributed by atoms with E-state index in [-0.39, 0.29) is 5.91 Å². The van der Waals surface area contributed by atoms with Gasteiger partial charge in [-0.25, -0.2) is 0 Å². The first-order valence-electron chi connectivity index (χ1n) is 7.54. The lowest BCUT2D eigenvalue weighted by atomic mass is 10.2. The number of benzene rings is 2. The molecule has 0 radical (unpaired) electrons. The lowest BCUT2D eigenvalue weighted by Gasteiger charge is -2.08. The quantitative estimate of drug-likeness (QED) is 0.606. The minimum atomic E-state index is -0.0179. The fourth-order valence-electron chi connectivity index (χ4n) is 2.07. The summed E-state index contributed by atoms with van der Waals surface area (Å²) in [5.74, 6) is 0.842. The Balaban J connectivity index is 1.69. The monoisotopic (exact) mass is 298 g/mol. The maximum absolute atomic E-state index is 11.8. The van der Waals surface area contributed by atoms with E-state index in [0.29, 0.717) is 25.1 Å². The Hall–Kier alpha value is -2.49. The van der Waals surface area contributed by atoms with Gasteiger partial charge in [-0.1, -0.05) is 19.1 Å². The summed E-state index contributed by atoms with van der Waals surface area (Å²) in [5, 5.41) is 2.84. The van der Waals surface area contributed by atoms with Crippen molar-refractivity contribution in [1.29, 1.82) is 0 Å². The van der Waals surface area contributed by atoms with Gasteiger partial charge in [-0.3, -0.25) is 4.79 Å². The van der Waals surface area contributed by atoms with Crippen molar-refractivity contribution < 1.29 is 9.53 Å². The molecule has 0 aromatic heterocycles. The molecule has 0 aliphatic carbocycles. The summed E-state index contributed by atoms with van der Waals surface area (Å²) in [6.45, 7) is 2.64. The predicted octanol–water partition coefficient (Wildman–Crippen LogP) is 3.63. The van der Waals surface area contributed by atoms with Gasteiger partial charge in [-0.2, -0.15) is 0 Å². The minimum absolute atomic E-state index is 0.0179. The van der Waals surface area contributed by atoms with E-state index in [1.165, 1.54) is 5.56 Å². The first-order valence-corrected chi connectivity index (χ1v) is 7.54. The number of nitrogen functional groups attached to an aromatic ring is 1. The molecule has 0 unspecified atom stereocenters. The maximum atomic E-state index is 11.8. The van der Waals surface area contributed by atoms with E-state index in [9.17, 15) is 4.79 Å². The Kier molecular flexibility index (Phi) is 5.83. The second-order valence-electron chi connectivity index (χ2n) is 5.12. The van der Waals surface area contributed by atoms with E-state index in [0.717, 1.165) is 17.9 Å². The summed E-state index contributed by atoms with van der Waals surface area (Å²) >= 11 is 0. The molecule has 0 saturated carbocycles. The van der Waals surface area contributed by atoms with Crippen LogP contribution in [0.4, 0.5) is 11.4 Å². The van der Waals surface area contributed by atoms with Crippen LogP contribution in [0.15, 0.2) is 48.5 Å². The van der Waals surface area contributed by atoms with Gasteiger partial charge in [0.25, 0.3) is 0 Å². The molecule has 2 aromatic carbocycles. The molecule has 0 fully saturated rings. The van der Waals surface area contributed by atoms with Crippen molar-refractivity contribution in [2.75, 3.05) is 17.7 Å². The number of anilines is 2. The molecule has 2 aromatic rings. The van der Waals surface area contributed by atoms with Crippen molar-refractivity contribution in [3.05, 3.63) is 54.1 Å². The van der Waals surface area contributed by atoms with Crippen molar-refractivity contribution in [3.63, 3.8) is 0 Å². The Morgan fingerprint density at radius 1 is 1.18 bits per heavy atom. The second-order valence-corrected chi connectivity index (χ2v) is 5.12. The molecule has 3 N–H and O–H groups in total. The van der Waals surface area contributed by atoms with Gasteiger partial charge in [0.1, 0.15) is 5.75 Å². The Morgan fingerprint density at radius 2 is 1.95 bits per heavy atom. The van der Waals surface area contributed by atoms with Crippen molar-refractivity contribution in [1.82, 2.24) is 0 Å². The number of amides is 1. The Morgan fingerprint density at radius 3 is 2.68 bits per heavy atom. The van der Waals surface area contributed by atoms with E-state index in [1.54, 1.807) is 24.3 Å². The lowest BCUT2D eigenvalue weighted by molar-refractivity contribution is -0.116. The van der Waals surface area contributed by atoms with Gasteiger partial charge in [0.2, 0.25) is 5.91 Å². The fourth-order valence-corrected chi connectivity index (χ4v) is 2.07. The van der Waals surface area contributed by atoms with Gasteiger partial charge in [-0.05, 0) is 54.8 Å². The highest BCUT2D eigenvalue weighted by atomic mass is 16.5. The molecule has 0 saturated heterocycles. The minimum Gasteiger partial charge on any atom is -0.494 e. The van der Waals surface area contributed by atoms with Crippen LogP contribution in [0.5, 0.6) is 5.75 Å². The SMILES string of the molecule is CCc1cccc(OCCCC(=O)Nc2ccc(N)cc2)c1. The zero-order valence-electron chi connectivity index (χ0n) is 12.8. The number of ether oxygens (including phenoxy) is 1. The molecule has 0 aliphatic rings. The molecule has 0 aliphatic heterocycles. The zero-order chi connectivity index (χ0) is 15.8. The summed E-state index contributed by atoms with van der Waals surface area (Å²) in [6.07, 6.45) is 2.09. The molecule has 116 valence electrons. The Bertz CT molecular complexity index is 609. The molecule has 0 heterocycles. The highest BCUT2D eigenvalue weighted by Gasteiger charge is 2.03. The third kappa shape index (κ3) is 5.13. The van der Waals surface area contributed by atoms with Crippen molar-refractivity contribution >= 4 is 17.3 Å². The number of nitrogens with one attached hydrogen (secondary N) is 1. The van der Waals surface area contributed by atoms with Crippen LogP contribution in [0, 0.1) is 0 Å². The molecular formula is C18H22N2O2. The first-order chi connectivity index (χ1) is 10.7. The largest absolute Gasteiger partial charge is 0.494 e. The second kappa shape index (κ2) is 8.08. The fraction of sp³-hybridized carbons (Fsp3) is 0.278. The van der Waals surface area contributed by atoms with Crippen LogP contribution < -0.4 is 15.8 Å². The average molecular weight is 298 g/mol. The first kappa shape index (κ1) is 15.9. The summed E-state index contributed by atoms with van der Waals surface area (Å²) in [7, 11) is 0. The molecule has 4 heteroatoms. The molecular weight excluding hydrogens is 276 g/mol. The van der Waals surface area contributed by atoms with E-state index in [4.69, 9.17) is 10.5 Å². The highest BCUT2D eigenvalue weighted by molar-refractivity contribution is 5.90.